The van der Waals surface area contributed by atoms with Crippen LogP contribution in [-0.2, 0) is 4.79 Å². The van der Waals surface area contributed by atoms with Gasteiger partial charge < -0.3 is 11.3 Å². The number of halogens is 17. The Kier molecular flexibility index (Phi) is 7.28. The zero-order valence-electron chi connectivity index (χ0n) is 12.8. The van der Waals surface area contributed by atoms with Crippen molar-refractivity contribution in [1.82, 2.24) is 6.15 Å². The van der Waals surface area contributed by atoms with Crippen molar-refractivity contribution in [3.05, 3.63) is 0 Å². The average molecular weight is 499 g/mol. The van der Waals surface area contributed by atoms with E-state index in [0.717, 1.165) is 0 Å². The predicted octanol–water partition coefficient (Wildman–Crippen LogP) is 5.73. The summed E-state index contributed by atoms with van der Waals surface area (Å²) in [6, 6.07) is 0. The van der Waals surface area contributed by atoms with Gasteiger partial charge in [-0.3, -0.25) is 0 Å². The Morgan fingerprint density at radius 1 is 0.586 bits per heavy atom. The van der Waals surface area contributed by atoms with Crippen molar-refractivity contribution in [3.8, 4) is 0 Å². The van der Waals surface area contributed by atoms with Crippen LogP contribution in [-0.4, -0.2) is 57.9 Å². The highest BCUT2D eigenvalue weighted by molar-refractivity contribution is 6.22. The molecule has 0 fully saturated rings. The van der Waals surface area contributed by atoms with Crippen molar-refractivity contribution >= 4 is 17.6 Å². The van der Waals surface area contributed by atoms with Gasteiger partial charge in [-0.25, -0.2) is 9.18 Å². The van der Waals surface area contributed by atoms with Gasteiger partial charge in [0.05, 0.1) is 0 Å². The lowest BCUT2D eigenvalue weighted by Gasteiger charge is -2.44. The van der Waals surface area contributed by atoms with Crippen LogP contribution in [0.1, 0.15) is 0 Å². The molecule has 176 valence electrons. The number of carboxylic acid groups (broad SMARTS) is 1. The lowest BCUT2D eigenvalue weighted by molar-refractivity contribution is -0.444. The van der Waals surface area contributed by atoms with E-state index in [1.165, 1.54) is 0 Å². The highest BCUT2D eigenvalue weighted by Gasteiger charge is 2.97. The molecule has 5 N–H and O–H groups in total. The fraction of sp³-hybridized carbons (Fsp3) is 0.889. The van der Waals surface area contributed by atoms with Gasteiger partial charge in [-0.15, -0.1) is 0 Å². The topological polar surface area (TPSA) is 73.8 Å². The number of hydrogen-bond donors (Lipinski definition) is 2. The van der Waals surface area contributed by atoms with Crippen LogP contribution in [0, 0.1) is 0 Å². The quantitative estimate of drug-likeness (QED) is 0.348. The van der Waals surface area contributed by atoms with Crippen LogP contribution < -0.4 is 6.15 Å². The molecule has 0 spiro atoms. The van der Waals surface area contributed by atoms with Crippen LogP contribution in [0.4, 0.5) is 70.2 Å². The Morgan fingerprint density at radius 3 is 1.07 bits per heavy atom. The Morgan fingerprint density at radius 2 is 0.862 bits per heavy atom. The number of aliphatic carboxylic acids is 1. The van der Waals surface area contributed by atoms with Gasteiger partial charge in [-0.2, -0.15) is 65.9 Å². The molecule has 0 aliphatic heterocycles. The van der Waals surface area contributed by atoms with Crippen molar-refractivity contribution in [1.29, 1.82) is 0 Å². The molecule has 0 saturated carbocycles. The van der Waals surface area contributed by atoms with Crippen LogP contribution >= 0.6 is 11.6 Å². The van der Waals surface area contributed by atoms with E-state index in [1.54, 1.807) is 0 Å². The van der Waals surface area contributed by atoms with Crippen molar-refractivity contribution in [2.45, 2.75) is 46.8 Å². The Balaban J connectivity index is 0. The van der Waals surface area contributed by atoms with Crippen LogP contribution in [0.3, 0.4) is 0 Å². The van der Waals surface area contributed by atoms with E-state index in [4.69, 9.17) is 5.11 Å². The van der Waals surface area contributed by atoms with Crippen LogP contribution in [0.15, 0.2) is 0 Å². The first-order valence-electron chi connectivity index (χ1n) is 5.64. The summed E-state index contributed by atoms with van der Waals surface area (Å²) < 4.78 is 205. The molecule has 1 atom stereocenters. The van der Waals surface area contributed by atoms with Crippen molar-refractivity contribution < 1.29 is 80.1 Å². The maximum Gasteiger partial charge on any atom is 0.436 e. The summed E-state index contributed by atoms with van der Waals surface area (Å²) in [5, 5.41) is 0.399. The molecule has 20 heteroatoms. The first kappa shape index (κ1) is 29.8. The lowest BCUT2D eigenvalue weighted by Crippen LogP contribution is -2.77. The van der Waals surface area contributed by atoms with Gasteiger partial charge in [0.25, 0.3) is 0 Å². The first-order valence-corrected chi connectivity index (χ1v) is 6.02. The number of alkyl halides is 17. The van der Waals surface area contributed by atoms with Crippen LogP contribution in [0.2, 0.25) is 0 Å². The van der Waals surface area contributed by atoms with E-state index in [2.05, 4.69) is 11.6 Å². The summed E-state index contributed by atoms with van der Waals surface area (Å²) in [4.78, 5) is 9.82. The van der Waals surface area contributed by atoms with E-state index >= 15 is 0 Å². The summed E-state index contributed by atoms with van der Waals surface area (Å²) in [5.74, 6) is -45.8. The van der Waals surface area contributed by atoms with E-state index < -0.39 is 52.8 Å². The zero-order valence-corrected chi connectivity index (χ0v) is 13.5. The van der Waals surface area contributed by atoms with Gasteiger partial charge in [0.15, 0.2) is 0 Å². The second-order valence-electron chi connectivity index (χ2n) is 4.83. The SMILES string of the molecule is O=C(O)C(F)(F)C(F)(F)C(F)(F)C(F)(F)C(F)(F)C(F)(C(F)(F)F)C(F)(F)Cl.[NH4+]. The summed E-state index contributed by atoms with van der Waals surface area (Å²) >= 11 is 3.30. The number of carboxylic acids is 1. The van der Waals surface area contributed by atoms with Crippen molar-refractivity contribution in [2.75, 3.05) is 0 Å². The third-order valence-electron chi connectivity index (χ3n) is 3.06. The molecule has 0 heterocycles. The number of rotatable bonds is 7. The molecular weight excluding hydrogens is 494 g/mol. The molecule has 0 aromatic rings. The summed E-state index contributed by atoms with van der Waals surface area (Å²) in [5.41, 5.74) is -8.21. The molecule has 0 radical (unpaired) electrons. The summed E-state index contributed by atoms with van der Waals surface area (Å²) in [6.07, 6.45) is -7.97. The van der Waals surface area contributed by atoms with Gasteiger partial charge in [0, 0.05) is 0 Å². The molecule has 0 rings (SSSR count). The van der Waals surface area contributed by atoms with E-state index in [-0.39, 0.29) is 6.15 Å². The zero-order chi connectivity index (χ0) is 23.6. The average Bonchev–Trinajstić information content (AvgIpc) is 2.42. The third kappa shape index (κ3) is 3.52. The minimum Gasteiger partial charge on any atom is -0.477 e. The van der Waals surface area contributed by atoms with E-state index in [9.17, 15) is 75.0 Å². The standard InChI is InChI=1S/C9HClF16O2.H3N/c10-8(22,23)3(13,9(24,25)26)5(16,17)7(20,21)6(18,19)4(14,15)2(11,12)1(27)28;/h(H,27,28);1H3/p+1. The molecule has 0 bridgehead atoms. The van der Waals surface area contributed by atoms with Gasteiger partial charge in [0.2, 0.25) is 0 Å². The van der Waals surface area contributed by atoms with Crippen LogP contribution in [0.5, 0.6) is 0 Å². The van der Waals surface area contributed by atoms with Gasteiger partial charge in [-0.05, 0) is 11.6 Å². The van der Waals surface area contributed by atoms with Gasteiger partial charge in [0.1, 0.15) is 0 Å². The maximum absolute atomic E-state index is 13.3. The fourth-order valence-corrected chi connectivity index (χ4v) is 1.68. The highest BCUT2D eigenvalue weighted by atomic mass is 35.5. The molecule has 0 aliphatic carbocycles. The van der Waals surface area contributed by atoms with Gasteiger partial charge in [-0.1, -0.05) is 0 Å². The number of hydrogen-bond acceptors (Lipinski definition) is 1. The van der Waals surface area contributed by atoms with Gasteiger partial charge >= 0.3 is 52.8 Å². The largest absolute Gasteiger partial charge is 0.477 e. The summed E-state index contributed by atoms with van der Waals surface area (Å²) in [6.45, 7) is 0. The normalized spacial score (nSPS) is 17.4. The first-order chi connectivity index (χ1) is 11.7. The number of quaternary nitrogens is 1. The molecular formula is C9H5ClF16NO2+. The second kappa shape index (κ2) is 7.09. The van der Waals surface area contributed by atoms with E-state index in [0.29, 0.717) is 0 Å². The van der Waals surface area contributed by atoms with Crippen molar-refractivity contribution in [3.63, 3.8) is 0 Å². The molecule has 0 aromatic carbocycles. The smallest absolute Gasteiger partial charge is 0.436 e. The predicted molar refractivity (Wildman–Crippen MR) is 59.0 cm³/mol. The molecule has 1 unspecified atom stereocenters. The molecule has 0 aromatic heterocycles. The molecule has 29 heavy (non-hydrogen) atoms. The number of carbonyl (C=O) groups is 1. The molecule has 0 amide bonds. The Hall–Kier alpha value is -1.40. The maximum atomic E-state index is 13.3. The Bertz CT molecular complexity index is 609. The third-order valence-corrected chi connectivity index (χ3v) is 3.32. The van der Waals surface area contributed by atoms with Crippen LogP contribution in [0.25, 0.3) is 0 Å². The minimum absolute atomic E-state index is 0. The van der Waals surface area contributed by atoms with E-state index in [1.807, 2.05) is 0 Å². The Labute approximate surface area is 152 Å². The lowest BCUT2D eigenvalue weighted by atomic mass is 9.85. The molecule has 0 aliphatic rings. The molecule has 0 saturated heterocycles. The fourth-order valence-electron chi connectivity index (χ4n) is 1.46. The second-order valence-corrected chi connectivity index (χ2v) is 5.31. The highest BCUT2D eigenvalue weighted by Crippen LogP contribution is 2.65. The minimum atomic E-state index is -8.70. The molecule has 3 nitrogen and oxygen atoms in total. The summed E-state index contributed by atoms with van der Waals surface area (Å²) in [7, 11) is 0. The monoisotopic (exact) mass is 498 g/mol. The van der Waals surface area contributed by atoms with Crippen molar-refractivity contribution in [2.24, 2.45) is 0 Å².